The van der Waals surface area contributed by atoms with Crippen LogP contribution in [-0.2, 0) is 6.54 Å². The van der Waals surface area contributed by atoms with Crippen molar-refractivity contribution < 1.29 is 14.3 Å². The Labute approximate surface area is 165 Å². The van der Waals surface area contributed by atoms with E-state index >= 15 is 0 Å². The number of pyridine rings is 2. The maximum absolute atomic E-state index is 14.0. The quantitative estimate of drug-likeness (QED) is 0.470. The molecule has 0 atom stereocenters. The van der Waals surface area contributed by atoms with Crippen molar-refractivity contribution in [1.82, 2.24) is 9.97 Å². The largest absolute Gasteiger partial charge is 0.478 e. The van der Waals surface area contributed by atoms with E-state index in [4.69, 9.17) is 10.8 Å². The van der Waals surface area contributed by atoms with Crippen LogP contribution in [-0.4, -0.2) is 21.0 Å². The number of aromatic nitrogens is 2. The molecular weight excluding hydrogens is 371 g/mol. The highest BCUT2D eigenvalue weighted by atomic mass is 19.1. The van der Waals surface area contributed by atoms with Gasteiger partial charge in [-0.25, -0.2) is 14.2 Å². The van der Waals surface area contributed by atoms with Gasteiger partial charge in [0.2, 0.25) is 0 Å². The van der Waals surface area contributed by atoms with Gasteiger partial charge in [-0.2, -0.15) is 0 Å². The average molecular weight is 388 g/mol. The molecule has 0 radical (unpaired) electrons. The maximum Gasteiger partial charge on any atom is 0.338 e. The smallest absolute Gasteiger partial charge is 0.338 e. The van der Waals surface area contributed by atoms with Crippen LogP contribution >= 0.6 is 0 Å². The second-order valence-electron chi connectivity index (χ2n) is 6.52. The zero-order valence-corrected chi connectivity index (χ0v) is 15.3. The third-order valence-corrected chi connectivity index (χ3v) is 4.55. The Kier molecular flexibility index (Phi) is 4.78. The number of hydrogen-bond donors (Lipinski definition) is 3. The summed E-state index contributed by atoms with van der Waals surface area (Å²) < 4.78 is 14.0. The first kappa shape index (κ1) is 18.4. The van der Waals surface area contributed by atoms with Crippen LogP contribution < -0.4 is 11.1 Å². The summed E-state index contributed by atoms with van der Waals surface area (Å²) in [4.78, 5) is 19.8. The molecule has 0 bridgehead atoms. The number of aromatic carboxylic acids is 1. The van der Waals surface area contributed by atoms with Gasteiger partial charge in [0.05, 0.1) is 22.5 Å². The normalized spacial score (nSPS) is 10.8. The Balaban J connectivity index is 1.58. The van der Waals surface area contributed by atoms with Gasteiger partial charge in [0.15, 0.2) is 0 Å². The number of nitrogens with two attached hydrogens (primary N) is 1. The van der Waals surface area contributed by atoms with Crippen LogP contribution in [0.25, 0.3) is 22.2 Å². The molecule has 144 valence electrons. The van der Waals surface area contributed by atoms with Crippen molar-refractivity contribution in [1.29, 1.82) is 0 Å². The van der Waals surface area contributed by atoms with Gasteiger partial charge in [-0.1, -0.05) is 18.2 Å². The van der Waals surface area contributed by atoms with Crippen LogP contribution in [0.5, 0.6) is 0 Å². The Hall–Kier alpha value is -4.00. The number of carboxylic acid groups (broad SMARTS) is 1. The number of fused-ring (bicyclic) bond motifs is 1. The minimum absolute atomic E-state index is 0.381. The molecular formula is C22H17FN4O2. The summed E-state index contributed by atoms with van der Waals surface area (Å²) >= 11 is 0. The van der Waals surface area contributed by atoms with Crippen molar-refractivity contribution in [3.63, 3.8) is 0 Å². The van der Waals surface area contributed by atoms with Gasteiger partial charge in [-0.15, -0.1) is 0 Å². The van der Waals surface area contributed by atoms with Gasteiger partial charge in [-0.3, -0.25) is 4.98 Å². The second kappa shape index (κ2) is 7.55. The van der Waals surface area contributed by atoms with Gasteiger partial charge in [0, 0.05) is 23.7 Å². The molecule has 4 rings (SSSR count). The molecule has 4 N–H and O–H groups in total. The molecule has 7 heteroatoms. The van der Waals surface area contributed by atoms with Gasteiger partial charge < -0.3 is 16.2 Å². The standard InChI is InChI=1S/C22H17FN4O2/c23-17-11-15(4-5-16(17)22(28)29)20-8-6-18(24)21(27-20)26-12-13-3-7-19-14(10-13)2-1-9-25-19/h1-11H,12,24H2,(H,26,27)(H,28,29). The summed E-state index contributed by atoms with van der Waals surface area (Å²) in [5, 5.41) is 13.2. The summed E-state index contributed by atoms with van der Waals surface area (Å²) in [5.74, 6) is -1.66. The van der Waals surface area contributed by atoms with E-state index in [0.717, 1.165) is 22.5 Å². The van der Waals surface area contributed by atoms with Crippen LogP contribution in [0.4, 0.5) is 15.9 Å². The summed E-state index contributed by atoms with van der Waals surface area (Å²) in [6.07, 6.45) is 1.75. The number of rotatable bonds is 5. The van der Waals surface area contributed by atoms with E-state index in [9.17, 15) is 9.18 Å². The van der Waals surface area contributed by atoms with Crippen LogP contribution in [0, 0.1) is 5.82 Å². The number of anilines is 2. The fourth-order valence-electron chi connectivity index (χ4n) is 3.04. The Morgan fingerprint density at radius 1 is 1.10 bits per heavy atom. The first-order valence-electron chi connectivity index (χ1n) is 8.88. The zero-order chi connectivity index (χ0) is 20.4. The minimum Gasteiger partial charge on any atom is -0.478 e. The van der Waals surface area contributed by atoms with Gasteiger partial charge >= 0.3 is 5.97 Å². The van der Waals surface area contributed by atoms with Crippen molar-refractivity contribution in [2.24, 2.45) is 0 Å². The van der Waals surface area contributed by atoms with E-state index in [0.29, 0.717) is 29.3 Å². The SMILES string of the molecule is Nc1ccc(-c2ccc(C(=O)O)c(F)c2)nc1NCc1ccc2ncccc2c1. The first-order valence-corrected chi connectivity index (χ1v) is 8.88. The van der Waals surface area contributed by atoms with Crippen LogP contribution in [0.2, 0.25) is 0 Å². The molecule has 0 saturated heterocycles. The van der Waals surface area contributed by atoms with Gasteiger partial charge in [0.1, 0.15) is 11.6 Å². The zero-order valence-electron chi connectivity index (χ0n) is 15.3. The monoisotopic (exact) mass is 388 g/mol. The number of benzene rings is 2. The highest BCUT2D eigenvalue weighted by Gasteiger charge is 2.12. The molecule has 29 heavy (non-hydrogen) atoms. The topological polar surface area (TPSA) is 101 Å². The molecule has 0 spiro atoms. The molecule has 2 aromatic heterocycles. The number of carbonyl (C=O) groups is 1. The average Bonchev–Trinajstić information content (AvgIpc) is 2.72. The molecule has 0 fully saturated rings. The van der Waals surface area contributed by atoms with Crippen molar-refractivity contribution in [3.05, 3.63) is 83.8 Å². The van der Waals surface area contributed by atoms with Crippen molar-refractivity contribution in [3.8, 4) is 11.3 Å². The summed E-state index contributed by atoms with van der Waals surface area (Å²) in [6.45, 7) is 0.498. The second-order valence-corrected chi connectivity index (χ2v) is 6.52. The highest BCUT2D eigenvalue weighted by Crippen LogP contribution is 2.25. The Morgan fingerprint density at radius 3 is 2.76 bits per heavy atom. The van der Waals surface area contributed by atoms with Crippen molar-refractivity contribution >= 4 is 28.4 Å². The number of nitrogens with zero attached hydrogens (tertiary/aromatic N) is 2. The van der Waals surface area contributed by atoms with E-state index in [-0.39, 0.29) is 5.56 Å². The molecule has 4 aromatic rings. The fourth-order valence-corrected chi connectivity index (χ4v) is 3.04. The minimum atomic E-state index is -1.31. The van der Waals surface area contributed by atoms with E-state index < -0.39 is 11.8 Å². The predicted octanol–water partition coefficient (Wildman–Crippen LogP) is 4.33. The molecule has 2 aromatic carbocycles. The third kappa shape index (κ3) is 3.84. The number of halogens is 1. The maximum atomic E-state index is 14.0. The summed E-state index contributed by atoms with van der Waals surface area (Å²) in [6, 6.07) is 17.1. The van der Waals surface area contributed by atoms with Gasteiger partial charge in [0.25, 0.3) is 0 Å². The molecule has 0 amide bonds. The molecule has 0 saturated carbocycles. The lowest BCUT2D eigenvalue weighted by molar-refractivity contribution is 0.0692. The molecule has 0 aliphatic heterocycles. The third-order valence-electron chi connectivity index (χ3n) is 4.55. The number of hydrogen-bond acceptors (Lipinski definition) is 5. The lowest BCUT2D eigenvalue weighted by atomic mass is 10.1. The van der Waals surface area contributed by atoms with Crippen LogP contribution in [0.1, 0.15) is 15.9 Å². The number of carboxylic acids is 1. The summed E-state index contributed by atoms with van der Waals surface area (Å²) in [7, 11) is 0. The molecule has 0 aliphatic rings. The lowest BCUT2D eigenvalue weighted by Gasteiger charge is -2.11. The van der Waals surface area contributed by atoms with E-state index in [2.05, 4.69) is 15.3 Å². The molecule has 0 aliphatic carbocycles. The number of nitrogen functional groups attached to an aromatic ring is 1. The van der Waals surface area contributed by atoms with Crippen LogP contribution in [0.3, 0.4) is 0 Å². The lowest BCUT2D eigenvalue weighted by Crippen LogP contribution is -2.05. The molecule has 6 nitrogen and oxygen atoms in total. The highest BCUT2D eigenvalue weighted by molar-refractivity contribution is 5.88. The Bertz CT molecular complexity index is 1230. The van der Waals surface area contributed by atoms with E-state index in [1.54, 1.807) is 18.3 Å². The number of nitrogens with one attached hydrogen (secondary N) is 1. The first-order chi connectivity index (χ1) is 14.0. The van der Waals surface area contributed by atoms with E-state index in [1.165, 1.54) is 12.1 Å². The van der Waals surface area contributed by atoms with E-state index in [1.807, 2.05) is 30.3 Å². The van der Waals surface area contributed by atoms with Gasteiger partial charge in [-0.05, 0) is 48.0 Å². The van der Waals surface area contributed by atoms with Crippen molar-refractivity contribution in [2.45, 2.75) is 6.54 Å². The van der Waals surface area contributed by atoms with Crippen LogP contribution in [0.15, 0.2) is 66.9 Å². The van der Waals surface area contributed by atoms with Crippen molar-refractivity contribution in [2.75, 3.05) is 11.1 Å². The fraction of sp³-hybridized carbons (Fsp3) is 0.0455. The molecule has 0 unspecified atom stereocenters. The Morgan fingerprint density at radius 2 is 1.97 bits per heavy atom. The summed E-state index contributed by atoms with van der Waals surface area (Å²) in [5.41, 5.74) is 9.01. The predicted molar refractivity (Wildman–Crippen MR) is 110 cm³/mol. The molecule has 2 heterocycles.